The first kappa shape index (κ1) is 12.5. The molecule has 3 heterocycles. The lowest BCUT2D eigenvalue weighted by molar-refractivity contribution is 1.18. The predicted molar refractivity (Wildman–Crippen MR) is 142 cm³/mol. The maximum absolute atomic E-state index is 8.91. The molecule has 8 rings (SSSR count). The van der Waals surface area contributed by atoms with E-state index in [0.717, 1.165) is 0 Å². The van der Waals surface area contributed by atoms with Gasteiger partial charge in [0.15, 0.2) is 0 Å². The highest BCUT2D eigenvalue weighted by molar-refractivity contribution is 6.13. The first-order valence-electron chi connectivity index (χ1n) is 14.9. The Kier molecular flexibility index (Phi) is 2.44. The highest BCUT2D eigenvalue weighted by Crippen LogP contribution is 2.36. The first-order chi connectivity index (χ1) is 20.7. The van der Waals surface area contributed by atoms with Crippen molar-refractivity contribution < 1.29 is 11.0 Å². The van der Waals surface area contributed by atoms with E-state index in [1.165, 1.54) is 4.57 Å². The molecule has 0 saturated heterocycles. The van der Waals surface area contributed by atoms with Crippen molar-refractivity contribution in [3.05, 3.63) is 103 Å². The van der Waals surface area contributed by atoms with E-state index in [-0.39, 0.29) is 21.8 Å². The van der Waals surface area contributed by atoms with Crippen LogP contribution >= 0.6 is 0 Å². The van der Waals surface area contributed by atoms with Crippen LogP contribution in [-0.4, -0.2) is 24.5 Å². The van der Waals surface area contributed by atoms with Crippen molar-refractivity contribution in [3.8, 4) is 5.69 Å². The van der Waals surface area contributed by atoms with Gasteiger partial charge in [-0.3, -0.25) is 0 Å². The molecule has 162 valence electrons. The molecule has 3 aromatic heterocycles. The van der Waals surface area contributed by atoms with Crippen molar-refractivity contribution in [2.75, 3.05) is 0 Å². The Balaban J connectivity index is 1.70. The second-order valence-corrected chi connectivity index (χ2v) is 8.17. The van der Waals surface area contributed by atoms with Gasteiger partial charge < -0.3 is 4.57 Å². The number of hydrogen-bond donors (Lipinski definition) is 0. The maximum atomic E-state index is 8.91. The van der Waals surface area contributed by atoms with E-state index in [0.29, 0.717) is 49.8 Å². The van der Waals surface area contributed by atoms with Crippen molar-refractivity contribution in [2.24, 2.45) is 0 Å². The third kappa shape index (κ3) is 2.58. The van der Waals surface area contributed by atoms with Gasteiger partial charge in [-0.25, -0.2) is 19.9 Å². The van der Waals surface area contributed by atoms with Crippen molar-refractivity contribution >= 4 is 65.9 Å². The summed E-state index contributed by atoms with van der Waals surface area (Å²) in [5, 5.41) is -0.0285. The molecule has 0 aliphatic rings. The molecule has 8 aromatic rings. The highest BCUT2D eigenvalue weighted by atomic mass is 15.0. The number of fused-ring (bicyclic) bond motifs is 8. The van der Waals surface area contributed by atoms with E-state index in [2.05, 4.69) is 0 Å². The van der Waals surface area contributed by atoms with Crippen molar-refractivity contribution in [1.82, 2.24) is 24.5 Å². The minimum absolute atomic E-state index is 0.00245. The summed E-state index contributed by atoms with van der Waals surface area (Å²) in [5.41, 5.74) is 4.36. The smallest absolute Gasteiger partial charge is 0.119 e. The lowest BCUT2D eigenvalue weighted by Gasteiger charge is -2.13. The maximum Gasteiger partial charge on any atom is 0.119 e. The molecule has 0 aliphatic heterocycles. The number of benzene rings is 5. The van der Waals surface area contributed by atoms with Crippen LogP contribution in [0.1, 0.15) is 11.0 Å². The number of nitrogens with zero attached hydrogens (tertiary/aromatic N) is 5. The third-order valence-electron chi connectivity index (χ3n) is 6.18. The fraction of sp³-hybridized carbons (Fsp3) is 0. The van der Waals surface area contributed by atoms with Gasteiger partial charge in [-0.05, 0) is 42.4 Å². The topological polar surface area (TPSA) is 56.5 Å². The minimum atomic E-state index is -0.504. The summed E-state index contributed by atoms with van der Waals surface area (Å²) < 4.78 is 70.4. The zero-order valence-corrected chi connectivity index (χ0v) is 17.9. The van der Waals surface area contributed by atoms with E-state index in [1.54, 1.807) is 12.1 Å². The van der Waals surface area contributed by atoms with Crippen LogP contribution in [0.4, 0.5) is 0 Å². The average molecular weight is 456 g/mol. The van der Waals surface area contributed by atoms with Crippen molar-refractivity contribution in [1.29, 1.82) is 0 Å². The van der Waals surface area contributed by atoms with Crippen LogP contribution in [0.3, 0.4) is 0 Å². The van der Waals surface area contributed by atoms with Crippen LogP contribution in [0.25, 0.3) is 71.6 Å². The van der Waals surface area contributed by atoms with Gasteiger partial charge in [0.2, 0.25) is 0 Å². The summed E-state index contributed by atoms with van der Waals surface area (Å²) in [7, 11) is 0. The lowest BCUT2D eigenvalue weighted by atomic mass is 10.1. The molecule has 5 heteroatoms. The molecule has 0 unspecified atom stereocenters. The quantitative estimate of drug-likeness (QED) is 0.198. The Morgan fingerprint density at radius 3 is 1.60 bits per heavy atom. The number of hydrogen-bond acceptors (Lipinski definition) is 4. The molecule has 0 spiro atoms. The van der Waals surface area contributed by atoms with Crippen molar-refractivity contribution in [2.45, 2.75) is 0 Å². The molecular weight excluding hydrogens is 430 g/mol. The van der Waals surface area contributed by atoms with Gasteiger partial charge >= 0.3 is 0 Å². The standard InChI is InChI=1S/C30H17N5/c1-7-15-25-18(9-1)19-10-2-8-16-26(19)35(25)27-17-24-28(32-21-12-4-3-11-20(21)31-24)30-29(27)33-22-13-5-6-14-23(22)34-30/h1-17H/i1D,2D,7D,8D,9D,10D,15D,16D. The molecule has 0 amide bonds. The fourth-order valence-corrected chi connectivity index (χ4v) is 4.66. The molecule has 0 aliphatic carbocycles. The van der Waals surface area contributed by atoms with Gasteiger partial charge in [-0.2, -0.15) is 0 Å². The average Bonchev–Trinajstić information content (AvgIpc) is 3.38. The van der Waals surface area contributed by atoms with Crippen LogP contribution in [0.5, 0.6) is 0 Å². The molecule has 5 aromatic carbocycles. The second kappa shape index (κ2) is 6.81. The van der Waals surface area contributed by atoms with E-state index < -0.39 is 48.3 Å². The van der Waals surface area contributed by atoms with Gasteiger partial charge in [-0.15, -0.1) is 0 Å². The van der Waals surface area contributed by atoms with Crippen LogP contribution in [0.15, 0.2) is 103 Å². The Labute approximate surface area is 210 Å². The molecule has 0 bridgehead atoms. The first-order valence-corrected chi connectivity index (χ1v) is 10.9. The summed E-state index contributed by atoms with van der Waals surface area (Å²) in [6.07, 6.45) is 0. The number of rotatable bonds is 1. The SMILES string of the molecule is [2H]c1c([2H])c([2H])c2c(c1[2H])c1c([2H])c([2H])c([2H])c([2H])c1n2-c1cc2nc3ccccc3nc2c2nc3ccccc3nc12. The summed E-state index contributed by atoms with van der Waals surface area (Å²) >= 11 is 0. The molecule has 0 radical (unpaired) electrons. The lowest BCUT2D eigenvalue weighted by Crippen LogP contribution is -2.01. The molecule has 0 atom stereocenters. The Bertz CT molecular complexity index is 2490. The minimum Gasteiger partial charge on any atom is -0.307 e. The molecule has 0 fully saturated rings. The second-order valence-electron chi connectivity index (χ2n) is 8.17. The van der Waals surface area contributed by atoms with Crippen molar-refractivity contribution in [3.63, 3.8) is 0 Å². The largest absolute Gasteiger partial charge is 0.307 e. The monoisotopic (exact) mass is 455 g/mol. The zero-order valence-electron chi connectivity index (χ0n) is 25.9. The van der Waals surface area contributed by atoms with Gasteiger partial charge in [-0.1, -0.05) is 60.5 Å². The third-order valence-corrected chi connectivity index (χ3v) is 6.18. The van der Waals surface area contributed by atoms with Crippen LogP contribution in [0, 0.1) is 0 Å². The van der Waals surface area contributed by atoms with E-state index >= 15 is 0 Å². The normalized spacial score (nSPS) is 15.2. The molecule has 0 saturated carbocycles. The summed E-state index contributed by atoms with van der Waals surface area (Å²) in [5.74, 6) is 0. The van der Waals surface area contributed by atoms with Crippen LogP contribution in [-0.2, 0) is 0 Å². The van der Waals surface area contributed by atoms with Gasteiger partial charge in [0.05, 0.1) is 55.3 Å². The number of aromatic nitrogens is 5. The van der Waals surface area contributed by atoms with E-state index in [4.69, 9.17) is 30.9 Å². The summed E-state index contributed by atoms with van der Waals surface area (Å²) in [6, 6.07) is 12.7. The Hall–Kier alpha value is -4.90. The fourth-order valence-electron chi connectivity index (χ4n) is 4.66. The zero-order chi connectivity index (χ0) is 29.9. The van der Waals surface area contributed by atoms with Crippen LogP contribution in [0.2, 0.25) is 0 Å². The molecule has 35 heavy (non-hydrogen) atoms. The van der Waals surface area contributed by atoms with E-state index in [1.807, 2.05) is 42.5 Å². The Morgan fingerprint density at radius 2 is 1.00 bits per heavy atom. The van der Waals surface area contributed by atoms with E-state index in [9.17, 15) is 0 Å². The molecular formula is C30H17N5. The summed E-state index contributed by atoms with van der Waals surface area (Å²) in [4.78, 5) is 19.5. The van der Waals surface area contributed by atoms with Crippen LogP contribution < -0.4 is 0 Å². The Morgan fingerprint density at radius 1 is 0.514 bits per heavy atom. The summed E-state index contributed by atoms with van der Waals surface area (Å²) in [6.45, 7) is 0. The molecule has 5 nitrogen and oxygen atoms in total. The predicted octanol–water partition coefficient (Wildman–Crippen LogP) is 6.98. The van der Waals surface area contributed by atoms with Gasteiger partial charge in [0, 0.05) is 10.8 Å². The number of para-hydroxylation sites is 6. The molecule has 0 N–H and O–H groups in total. The van der Waals surface area contributed by atoms with Gasteiger partial charge in [0.1, 0.15) is 16.6 Å². The highest BCUT2D eigenvalue weighted by Gasteiger charge is 2.19. The van der Waals surface area contributed by atoms with Gasteiger partial charge in [0.25, 0.3) is 0 Å².